The molecule has 0 saturated carbocycles. The number of rotatable bonds is 4. The first-order valence-electron chi connectivity index (χ1n) is 8.18. The summed E-state index contributed by atoms with van der Waals surface area (Å²) in [6.45, 7) is 1.64. The Morgan fingerprint density at radius 3 is 2.33 bits per heavy atom. The molecule has 0 bridgehead atoms. The molecule has 3 aromatic rings. The van der Waals surface area contributed by atoms with Gasteiger partial charge in [0.2, 0.25) is 0 Å². The number of aromatic nitrogens is 1. The minimum absolute atomic E-state index is 0.145. The Kier molecular flexibility index (Phi) is 4.88. The van der Waals surface area contributed by atoms with Gasteiger partial charge in [0.1, 0.15) is 0 Å². The van der Waals surface area contributed by atoms with Crippen molar-refractivity contribution in [2.24, 2.45) is 0 Å². The molecule has 2 N–H and O–H groups in total. The number of carboxylic acid groups (broad SMARTS) is 1. The summed E-state index contributed by atoms with van der Waals surface area (Å²) in [6.07, 6.45) is 3.55. The second-order valence-corrected chi connectivity index (χ2v) is 5.95. The van der Waals surface area contributed by atoms with Crippen LogP contribution in [0.3, 0.4) is 0 Å². The highest BCUT2D eigenvalue weighted by Crippen LogP contribution is 2.30. The number of nitriles is 2. The number of fused-ring (bicyclic) bond motifs is 1. The zero-order valence-electron chi connectivity index (χ0n) is 14.5. The first-order valence-corrected chi connectivity index (χ1v) is 8.18. The van der Waals surface area contributed by atoms with E-state index in [0.717, 1.165) is 16.5 Å². The van der Waals surface area contributed by atoms with Crippen molar-refractivity contribution < 1.29 is 9.90 Å². The number of allylic oxidation sites excluding steroid dienone is 3. The van der Waals surface area contributed by atoms with Gasteiger partial charge in [-0.15, -0.1) is 0 Å². The first kappa shape index (κ1) is 17.7. The van der Waals surface area contributed by atoms with E-state index in [9.17, 15) is 15.3 Å². The van der Waals surface area contributed by atoms with Crippen LogP contribution in [0.15, 0.2) is 65.9 Å². The Morgan fingerprint density at radius 1 is 1.04 bits per heavy atom. The summed E-state index contributed by atoms with van der Waals surface area (Å²) in [4.78, 5) is 14.2. The first-order chi connectivity index (χ1) is 13.0. The maximum atomic E-state index is 11.1. The van der Waals surface area contributed by atoms with Crippen molar-refractivity contribution in [1.29, 1.82) is 10.5 Å². The summed E-state index contributed by atoms with van der Waals surface area (Å²) in [6, 6.07) is 18.2. The van der Waals surface area contributed by atoms with Gasteiger partial charge < -0.3 is 10.1 Å². The van der Waals surface area contributed by atoms with Crippen molar-refractivity contribution >= 4 is 28.5 Å². The largest absolute Gasteiger partial charge is 0.478 e. The van der Waals surface area contributed by atoms with Gasteiger partial charge in [0.05, 0.1) is 23.3 Å². The molecule has 0 fully saturated rings. The van der Waals surface area contributed by atoms with Gasteiger partial charge in [-0.25, -0.2) is 4.79 Å². The van der Waals surface area contributed by atoms with Crippen molar-refractivity contribution in [2.45, 2.75) is 6.92 Å². The third-order valence-corrected chi connectivity index (χ3v) is 4.27. The minimum Gasteiger partial charge on any atom is -0.478 e. The summed E-state index contributed by atoms with van der Waals surface area (Å²) in [5.41, 5.74) is 3.76. The fourth-order valence-electron chi connectivity index (χ4n) is 2.94. The summed E-state index contributed by atoms with van der Waals surface area (Å²) in [5.74, 6) is -1.03. The van der Waals surface area contributed by atoms with Crippen molar-refractivity contribution in [3.8, 4) is 12.1 Å². The average Bonchev–Trinajstić information content (AvgIpc) is 3.10. The zero-order chi connectivity index (χ0) is 19.4. The number of carboxylic acids is 1. The van der Waals surface area contributed by atoms with Crippen LogP contribution >= 0.6 is 0 Å². The molecular weight excluding hydrogens is 338 g/mol. The molecule has 0 amide bonds. The van der Waals surface area contributed by atoms with Crippen molar-refractivity contribution in [3.05, 3.63) is 82.6 Å². The van der Waals surface area contributed by atoms with Gasteiger partial charge >= 0.3 is 5.97 Å². The van der Waals surface area contributed by atoms with E-state index in [1.807, 2.05) is 30.5 Å². The minimum atomic E-state index is -1.03. The summed E-state index contributed by atoms with van der Waals surface area (Å²) in [7, 11) is 0. The third kappa shape index (κ3) is 3.49. The number of nitrogens with one attached hydrogen (secondary N) is 1. The molecule has 0 spiro atoms. The monoisotopic (exact) mass is 353 g/mol. The Morgan fingerprint density at radius 2 is 1.70 bits per heavy atom. The molecule has 0 aliphatic carbocycles. The standard InChI is InChI=1S/C22H15N3O2/c1-14(11-23)21(15-6-8-16(9-7-15)22(26)27)17(12-24)10-18-13-25-20-5-3-2-4-19(18)20/h2-10,13,25H,1H3,(H,26,27)/b17-10+,21-14-. The number of para-hydroxylation sites is 1. The van der Waals surface area contributed by atoms with Crippen molar-refractivity contribution in [2.75, 3.05) is 0 Å². The summed E-state index contributed by atoms with van der Waals surface area (Å²) in [5, 5.41) is 29.2. The molecular formula is C22H15N3O2. The van der Waals surface area contributed by atoms with Crippen LogP contribution in [0.4, 0.5) is 0 Å². The zero-order valence-corrected chi connectivity index (χ0v) is 14.5. The normalized spacial score (nSPS) is 12.2. The van der Waals surface area contributed by atoms with Gasteiger partial charge in [-0.05, 0) is 36.8 Å². The molecule has 27 heavy (non-hydrogen) atoms. The molecule has 1 aromatic heterocycles. The van der Waals surface area contributed by atoms with Gasteiger partial charge in [0.15, 0.2) is 0 Å². The number of hydrogen-bond donors (Lipinski definition) is 2. The maximum Gasteiger partial charge on any atom is 0.335 e. The maximum absolute atomic E-state index is 11.1. The predicted molar refractivity (Wildman–Crippen MR) is 103 cm³/mol. The van der Waals surface area contributed by atoms with Crippen molar-refractivity contribution in [3.63, 3.8) is 0 Å². The molecule has 0 atom stereocenters. The summed E-state index contributed by atoms with van der Waals surface area (Å²) < 4.78 is 0. The van der Waals surface area contributed by atoms with Crippen LogP contribution in [-0.4, -0.2) is 16.1 Å². The average molecular weight is 353 g/mol. The van der Waals surface area contributed by atoms with Gasteiger partial charge in [-0.2, -0.15) is 10.5 Å². The van der Waals surface area contributed by atoms with Crippen LogP contribution in [0.25, 0.3) is 22.6 Å². The number of carbonyl (C=O) groups is 1. The number of aromatic amines is 1. The summed E-state index contributed by atoms with van der Waals surface area (Å²) >= 11 is 0. The van der Waals surface area contributed by atoms with Gasteiger partial charge in [-0.3, -0.25) is 0 Å². The SMILES string of the molecule is C/C(C#N)=C(/C(C#N)=C/c1c[nH]c2ccccc12)c1ccc(C(=O)O)cc1. The molecule has 0 aliphatic heterocycles. The lowest BCUT2D eigenvalue weighted by molar-refractivity contribution is 0.0697. The molecule has 0 saturated heterocycles. The number of benzene rings is 2. The highest BCUT2D eigenvalue weighted by atomic mass is 16.4. The molecule has 0 radical (unpaired) electrons. The van der Waals surface area contributed by atoms with Crippen LogP contribution in [0, 0.1) is 22.7 Å². The van der Waals surface area contributed by atoms with Crippen molar-refractivity contribution in [1.82, 2.24) is 4.98 Å². The predicted octanol–water partition coefficient (Wildman–Crippen LogP) is 4.77. The van der Waals surface area contributed by atoms with Gasteiger partial charge in [0, 0.05) is 33.8 Å². The topological polar surface area (TPSA) is 101 Å². The number of hydrogen-bond acceptors (Lipinski definition) is 3. The van der Waals surface area contributed by atoms with Crippen LogP contribution in [-0.2, 0) is 0 Å². The molecule has 0 unspecified atom stereocenters. The second kappa shape index (κ2) is 7.43. The van der Waals surface area contributed by atoms with Crippen LogP contribution in [0.1, 0.15) is 28.4 Å². The lowest BCUT2D eigenvalue weighted by atomic mass is 9.92. The molecule has 5 heteroatoms. The quantitative estimate of drug-likeness (QED) is 0.521. The molecule has 130 valence electrons. The lowest BCUT2D eigenvalue weighted by Crippen LogP contribution is -1.97. The van der Waals surface area contributed by atoms with Gasteiger partial charge in [0.25, 0.3) is 0 Å². The van der Waals surface area contributed by atoms with E-state index in [2.05, 4.69) is 17.1 Å². The fraction of sp³-hybridized carbons (Fsp3) is 0.0455. The van der Waals surface area contributed by atoms with Crippen LogP contribution in [0.5, 0.6) is 0 Å². The molecule has 3 rings (SSSR count). The highest BCUT2D eigenvalue weighted by Gasteiger charge is 2.14. The molecule has 5 nitrogen and oxygen atoms in total. The molecule has 0 aliphatic rings. The Bertz CT molecular complexity index is 1170. The molecule has 2 aromatic carbocycles. The second-order valence-electron chi connectivity index (χ2n) is 5.95. The highest BCUT2D eigenvalue weighted by molar-refractivity contribution is 5.97. The fourth-order valence-corrected chi connectivity index (χ4v) is 2.94. The van der Waals surface area contributed by atoms with Crippen LogP contribution < -0.4 is 0 Å². The Hall–Kier alpha value is -4.09. The van der Waals surface area contributed by atoms with E-state index in [-0.39, 0.29) is 5.56 Å². The van der Waals surface area contributed by atoms with Crippen LogP contribution in [0.2, 0.25) is 0 Å². The van der Waals surface area contributed by atoms with E-state index in [0.29, 0.717) is 22.3 Å². The van der Waals surface area contributed by atoms with E-state index in [1.165, 1.54) is 12.1 Å². The van der Waals surface area contributed by atoms with E-state index in [1.54, 1.807) is 25.1 Å². The Labute approximate surface area is 156 Å². The van der Waals surface area contributed by atoms with E-state index < -0.39 is 5.97 Å². The number of H-pyrrole nitrogens is 1. The van der Waals surface area contributed by atoms with E-state index >= 15 is 0 Å². The van der Waals surface area contributed by atoms with Gasteiger partial charge in [-0.1, -0.05) is 30.3 Å². The van der Waals surface area contributed by atoms with E-state index in [4.69, 9.17) is 5.11 Å². The lowest BCUT2D eigenvalue weighted by Gasteiger charge is -2.09. The number of nitrogens with zero attached hydrogens (tertiary/aromatic N) is 2. The smallest absolute Gasteiger partial charge is 0.335 e. The number of aromatic carboxylic acids is 1. The molecule has 1 heterocycles. The Balaban J connectivity index is 2.15. The third-order valence-electron chi connectivity index (χ3n) is 4.27.